The van der Waals surface area contributed by atoms with Crippen molar-refractivity contribution in [2.24, 2.45) is 0 Å². The molecule has 1 atom stereocenters. The van der Waals surface area contributed by atoms with E-state index in [1.165, 1.54) is 10.4 Å². The minimum Gasteiger partial charge on any atom is -0.309 e. The Balaban J connectivity index is 1.76. The lowest BCUT2D eigenvalue weighted by Gasteiger charge is -2.11. The van der Waals surface area contributed by atoms with E-state index < -0.39 is 0 Å². The summed E-state index contributed by atoms with van der Waals surface area (Å²) in [5.74, 6) is 0. The molecule has 0 aliphatic rings. The van der Waals surface area contributed by atoms with Crippen LogP contribution in [0.1, 0.15) is 17.4 Å². The highest BCUT2D eigenvalue weighted by molar-refractivity contribution is 7.09. The summed E-state index contributed by atoms with van der Waals surface area (Å²) in [5, 5.41) is 7.84. The predicted octanol–water partition coefficient (Wildman–Crippen LogP) is 2.93. The first-order valence-electron chi connectivity index (χ1n) is 4.96. The molecule has 0 fully saturated rings. The molecule has 0 amide bonds. The van der Waals surface area contributed by atoms with Crippen molar-refractivity contribution in [2.45, 2.75) is 25.9 Å². The van der Waals surface area contributed by atoms with E-state index in [9.17, 15) is 0 Å². The molecule has 80 valence electrons. The molecule has 0 aliphatic heterocycles. The van der Waals surface area contributed by atoms with Gasteiger partial charge in [-0.05, 0) is 35.7 Å². The Morgan fingerprint density at radius 1 is 1.53 bits per heavy atom. The molecule has 0 aliphatic carbocycles. The summed E-state index contributed by atoms with van der Waals surface area (Å²) in [7, 11) is 0. The summed E-state index contributed by atoms with van der Waals surface area (Å²) in [6.45, 7) is 3.15. The van der Waals surface area contributed by atoms with Crippen molar-refractivity contribution in [2.75, 3.05) is 0 Å². The molecule has 2 aromatic rings. The standard InChI is InChI=1S/C11H14N2S2/c1-9(4-10-2-3-14-7-10)13-6-11-5-12-8-15-11/h2-3,5,7-9,13H,4,6H2,1H3. The third kappa shape index (κ3) is 3.41. The summed E-state index contributed by atoms with van der Waals surface area (Å²) in [4.78, 5) is 5.35. The fourth-order valence-electron chi connectivity index (χ4n) is 1.44. The number of nitrogens with zero attached hydrogens (tertiary/aromatic N) is 1. The summed E-state index contributed by atoms with van der Waals surface area (Å²) in [5.41, 5.74) is 3.30. The number of thiophene rings is 1. The van der Waals surface area contributed by atoms with Gasteiger partial charge in [0.25, 0.3) is 0 Å². The van der Waals surface area contributed by atoms with Crippen LogP contribution in [0.25, 0.3) is 0 Å². The second kappa shape index (κ2) is 5.39. The third-order valence-corrected chi connectivity index (χ3v) is 3.74. The van der Waals surface area contributed by atoms with Crippen LogP contribution in [-0.4, -0.2) is 11.0 Å². The van der Waals surface area contributed by atoms with Crippen LogP contribution in [0, 0.1) is 0 Å². The smallest absolute Gasteiger partial charge is 0.0794 e. The van der Waals surface area contributed by atoms with Crippen LogP contribution in [0.2, 0.25) is 0 Å². The highest BCUT2D eigenvalue weighted by atomic mass is 32.1. The van der Waals surface area contributed by atoms with Crippen molar-refractivity contribution in [3.05, 3.63) is 39.0 Å². The van der Waals surface area contributed by atoms with Crippen molar-refractivity contribution < 1.29 is 0 Å². The van der Waals surface area contributed by atoms with Crippen LogP contribution >= 0.6 is 22.7 Å². The molecule has 0 bridgehead atoms. The number of aromatic nitrogens is 1. The number of thiazole rings is 1. The Morgan fingerprint density at radius 3 is 3.13 bits per heavy atom. The molecule has 0 saturated carbocycles. The van der Waals surface area contributed by atoms with Crippen molar-refractivity contribution in [1.29, 1.82) is 0 Å². The Labute approximate surface area is 98.0 Å². The average Bonchev–Trinajstić information content (AvgIpc) is 2.86. The Bertz CT molecular complexity index is 367. The number of hydrogen-bond acceptors (Lipinski definition) is 4. The van der Waals surface area contributed by atoms with Gasteiger partial charge < -0.3 is 5.32 Å². The van der Waals surface area contributed by atoms with Crippen LogP contribution < -0.4 is 5.32 Å². The molecule has 0 saturated heterocycles. The van der Waals surface area contributed by atoms with E-state index in [1.54, 1.807) is 22.7 Å². The molecule has 2 nitrogen and oxygen atoms in total. The van der Waals surface area contributed by atoms with Crippen molar-refractivity contribution in [1.82, 2.24) is 10.3 Å². The van der Waals surface area contributed by atoms with Crippen LogP contribution in [0.3, 0.4) is 0 Å². The van der Waals surface area contributed by atoms with Gasteiger partial charge in [-0.3, -0.25) is 4.98 Å². The highest BCUT2D eigenvalue weighted by Crippen LogP contribution is 2.10. The average molecular weight is 238 g/mol. The fraction of sp³-hybridized carbons (Fsp3) is 0.364. The highest BCUT2D eigenvalue weighted by Gasteiger charge is 2.03. The van der Waals surface area contributed by atoms with Crippen molar-refractivity contribution >= 4 is 22.7 Å². The largest absolute Gasteiger partial charge is 0.309 e. The van der Waals surface area contributed by atoms with Crippen LogP contribution in [0.15, 0.2) is 28.5 Å². The van der Waals surface area contributed by atoms with Gasteiger partial charge in [0.2, 0.25) is 0 Å². The fourth-order valence-corrected chi connectivity index (χ4v) is 2.67. The molecule has 1 unspecified atom stereocenters. The molecule has 1 N–H and O–H groups in total. The summed E-state index contributed by atoms with van der Waals surface area (Å²) in [6.07, 6.45) is 3.03. The first kappa shape index (κ1) is 10.8. The molecule has 15 heavy (non-hydrogen) atoms. The SMILES string of the molecule is CC(Cc1ccsc1)NCc1cncs1. The van der Waals surface area contributed by atoms with Gasteiger partial charge >= 0.3 is 0 Å². The second-order valence-corrected chi connectivity index (χ2v) is 5.34. The molecule has 2 aromatic heterocycles. The molecule has 2 rings (SSSR count). The lowest BCUT2D eigenvalue weighted by atomic mass is 10.1. The molecule has 0 spiro atoms. The number of rotatable bonds is 5. The Hall–Kier alpha value is -0.710. The van der Waals surface area contributed by atoms with Gasteiger partial charge in [0, 0.05) is 23.7 Å². The summed E-state index contributed by atoms with van der Waals surface area (Å²) >= 11 is 3.46. The monoisotopic (exact) mass is 238 g/mol. The van der Waals surface area contributed by atoms with E-state index in [0.717, 1.165) is 13.0 Å². The number of hydrogen-bond donors (Lipinski definition) is 1. The quantitative estimate of drug-likeness (QED) is 0.866. The number of nitrogens with one attached hydrogen (secondary N) is 1. The lowest BCUT2D eigenvalue weighted by molar-refractivity contribution is 0.549. The van der Waals surface area contributed by atoms with Gasteiger partial charge in [-0.15, -0.1) is 11.3 Å². The van der Waals surface area contributed by atoms with E-state index in [2.05, 4.69) is 34.1 Å². The Kier molecular flexibility index (Phi) is 3.88. The first-order valence-corrected chi connectivity index (χ1v) is 6.78. The zero-order chi connectivity index (χ0) is 10.5. The summed E-state index contributed by atoms with van der Waals surface area (Å²) in [6, 6.07) is 2.71. The van der Waals surface area contributed by atoms with E-state index in [0.29, 0.717) is 6.04 Å². The lowest BCUT2D eigenvalue weighted by Crippen LogP contribution is -2.26. The molecule has 0 radical (unpaired) electrons. The minimum absolute atomic E-state index is 0.515. The van der Waals surface area contributed by atoms with E-state index in [4.69, 9.17) is 0 Å². The molecular weight excluding hydrogens is 224 g/mol. The zero-order valence-corrected chi connectivity index (χ0v) is 10.3. The molecule has 0 aromatic carbocycles. The van der Waals surface area contributed by atoms with Crippen molar-refractivity contribution in [3.63, 3.8) is 0 Å². The van der Waals surface area contributed by atoms with Gasteiger partial charge in [-0.1, -0.05) is 0 Å². The van der Waals surface area contributed by atoms with E-state index in [-0.39, 0.29) is 0 Å². The molecular formula is C11H14N2S2. The predicted molar refractivity (Wildman–Crippen MR) is 66.4 cm³/mol. The van der Waals surface area contributed by atoms with Crippen LogP contribution in [0.4, 0.5) is 0 Å². The van der Waals surface area contributed by atoms with Crippen LogP contribution in [0.5, 0.6) is 0 Å². The van der Waals surface area contributed by atoms with Gasteiger partial charge in [0.1, 0.15) is 0 Å². The third-order valence-electron chi connectivity index (χ3n) is 2.23. The maximum atomic E-state index is 4.06. The van der Waals surface area contributed by atoms with Gasteiger partial charge in [0.05, 0.1) is 5.51 Å². The van der Waals surface area contributed by atoms with E-state index >= 15 is 0 Å². The van der Waals surface area contributed by atoms with Gasteiger partial charge in [0.15, 0.2) is 0 Å². The molecule has 2 heterocycles. The zero-order valence-electron chi connectivity index (χ0n) is 8.64. The van der Waals surface area contributed by atoms with Crippen molar-refractivity contribution in [3.8, 4) is 0 Å². The maximum absolute atomic E-state index is 4.06. The first-order chi connectivity index (χ1) is 7.34. The minimum atomic E-state index is 0.515. The van der Waals surface area contributed by atoms with Gasteiger partial charge in [-0.25, -0.2) is 0 Å². The van der Waals surface area contributed by atoms with E-state index in [1.807, 2.05) is 11.7 Å². The normalized spacial score (nSPS) is 12.9. The van der Waals surface area contributed by atoms with Gasteiger partial charge in [-0.2, -0.15) is 11.3 Å². The molecule has 4 heteroatoms. The second-order valence-electron chi connectivity index (χ2n) is 3.59. The topological polar surface area (TPSA) is 24.9 Å². The summed E-state index contributed by atoms with van der Waals surface area (Å²) < 4.78 is 0. The maximum Gasteiger partial charge on any atom is 0.0794 e. The Morgan fingerprint density at radius 2 is 2.47 bits per heavy atom. The van der Waals surface area contributed by atoms with Crippen LogP contribution in [-0.2, 0) is 13.0 Å².